The summed E-state index contributed by atoms with van der Waals surface area (Å²) in [6, 6.07) is 8.95. The van der Waals surface area contributed by atoms with Crippen molar-refractivity contribution in [3.05, 3.63) is 53.3 Å². The van der Waals surface area contributed by atoms with Crippen molar-refractivity contribution in [3.63, 3.8) is 0 Å². The highest BCUT2D eigenvalue weighted by Gasteiger charge is 2.09. The van der Waals surface area contributed by atoms with Crippen LogP contribution in [0.15, 0.2) is 36.5 Å². The second-order valence-electron chi connectivity index (χ2n) is 4.22. The van der Waals surface area contributed by atoms with Crippen LogP contribution in [-0.2, 0) is 0 Å². The van der Waals surface area contributed by atoms with E-state index in [-0.39, 0.29) is 5.91 Å². The number of aromatic nitrogens is 1. The third-order valence-electron chi connectivity index (χ3n) is 2.68. The van der Waals surface area contributed by atoms with Crippen molar-refractivity contribution in [1.82, 2.24) is 4.98 Å². The summed E-state index contributed by atoms with van der Waals surface area (Å²) in [7, 11) is 0. The van der Waals surface area contributed by atoms with Gasteiger partial charge < -0.3 is 11.1 Å². The Morgan fingerprint density at radius 3 is 2.67 bits per heavy atom. The van der Waals surface area contributed by atoms with Gasteiger partial charge in [-0.05, 0) is 43.7 Å². The average Bonchev–Trinajstić information content (AvgIpc) is 2.35. The lowest BCUT2D eigenvalue weighted by molar-refractivity contribution is 0.102. The zero-order chi connectivity index (χ0) is 13.1. The molecule has 2 aromatic rings. The highest BCUT2D eigenvalue weighted by Crippen LogP contribution is 2.15. The Balaban J connectivity index is 2.21. The van der Waals surface area contributed by atoms with Crippen LogP contribution in [0.3, 0.4) is 0 Å². The Morgan fingerprint density at radius 1 is 1.22 bits per heavy atom. The van der Waals surface area contributed by atoms with E-state index in [0.717, 1.165) is 11.3 Å². The molecule has 1 amide bonds. The molecular weight excluding hydrogens is 226 g/mol. The number of amides is 1. The minimum atomic E-state index is -0.176. The van der Waals surface area contributed by atoms with Gasteiger partial charge in [0.05, 0.1) is 11.9 Å². The molecule has 0 unspecified atom stereocenters. The van der Waals surface area contributed by atoms with E-state index in [2.05, 4.69) is 10.3 Å². The predicted octanol–water partition coefficient (Wildman–Crippen LogP) is 2.53. The number of carbonyl (C=O) groups is 1. The van der Waals surface area contributed by atoms with Gasteiger partial charge in [0, 0.05) is 16.9 Å². The standard InChI is InChI=1S/C14H15N3O/c1-9-3-5-11(15)7-13(9)14(18)17-12-6-4-10(2)16-8-12/h3-8H,15H2,1-2H3,(H,17,18). The van der Waals surface area contributed by atoms with Crippen LogP contribution in [0.25, 0.3) is 0 Å². The molecule has 0 atom stereocenters. The van der Waals surface area contributed by atoms with E-state index >= 15 is 0 Å². The number of rotatable bonds is 2. The Hall–Kier alpha value is -2.36. The van der Waals surface area contributed by atoms with Gasteiger partial charge in [0.25, 0.3) is 5.91 Å². The van der Waals surface area contributed by atoms with Gasteiger partial charge in [0.1, 0.15) is 0 Å². The van der Waals surface area contributed by atoms with Crippen molar-refractivity contribution in [1.29, 1.82) is 0 Å². The van der Waals surface area contributed by atoms with Crippen LogP contribution < -0.4 is 11.1 Å². The lowest BCUT2D eigenvalue weighted by Gasteiger charge is -2.08. The second kappa shape index (κ2) is 4.87. The fraction of sp³-hybridized carbons (Fsp3) is 0.143. The third-order valence-corrected chi connectivity index (χ3v) is 2.68. The normalized spacial score (nSPS) is 10.1. The number of aryl methyl sites for hydroxylation is 2. The van der Waals surface area contributed by atoms with Crippen molar-refractivity contribution < 1.29 is 4.79 Å². The molecule has 0 aliphatic heterocycles. The van der Waals surface area contributed by atoms with Crippen molar-refractivity contribution in [2.45, 2.75) is 13.8 Å². The van der Waals surface area contributed by atoms with Crippen LogP contribution in [0, 0.1) is 13.8 Å². The summed E-state index contributed by atoms with van der Waals surface area (Å²) in [6.45, 7) is 3.77. The maximum absolute atomic E-state index is 12.1. The number of benzene rings is 1. The Kier molecular flexibility index (Phi) is 3.28. The molecule has 92 valence electrons. The van der Waals surface area contributed by atoms with Crippen molar-refractivity contribution in [2.75, 3.05) is 11.1 Å². The maximum atomic E-state index is 12.1. The number of nitrogens with two attached hydrogens (primary N) is 1. The van der Waals surface area contributed by atoms with Gasteiger partial charge in [0.2, 0.25) is 0 Å². The van der Waals surface area contributed by atoms with Crippen LogP contribution in [0.2, 0.25) is 0 Å². The van der Waals surface area contributed by atoms with Gasteiger partial charge in [0.15, 0.2) is 0 Å². The smallest absolute Gasteiger partial charge is 0.256 e. The first-order chi connectivity index (χ1) is 8.56. The fourth-order valence-corrected chi connectivity index (χ4v) is 1.62. The molecule has 0 aliphatic rings. The number of hydrogen-bond acceptors (Lipinski definition) is 3. The first-order valence-corrected chi connectivity index (χ1v) is 5.66. The summed E-state index contributed by atoms with van der Waals surface area (Å²) >= 11 is 0. The van der Waals surface area contributed by atoms with Gasteiger partial charge in [-0.2, -0.15) is 0 Å². The van der Waals surface area contributed by atoms with Crippen molar-refractivity contribution in [3.8, 4) is 0 Å². The monoisotopic (exact) mass is 241 g/mol. The first kappa shape index (κ1) is 12.1. The number of nitrogens with one attached hydrogen (secondary N) is 1. The van der Waals surface area contributed by atoms with Gasteiger partial charge in [-0.25, -0.2) is 0 Å². The van der Waals surface area contributed by atoms with Gasteiger partial charge in [-0.1, -0.05) is 6.07 Å². The number of pyridine rings is 1. The zero-order valence-electron chi connectivity index (χ0n) is 10.4. The molecule has 3 N–H and O–H groups in total. The molecule has 0 saturated heterocycles. The minimum absolute atomic E-state index is 0.176. The van der Waals surface area contributed by atoms with E-state index in [0.29, 0.717) is 16.9 Å². The summed E-state index contributed by atoms with van der Waals surface area (Å²) in [6.07, 6.45) is 1.63. The van der Waals surface area contributed by atoms with Crippen LogP contribution in [0.4, 0.5) is 11.4 Å². The number of hydrogen-bond donors (Lipinski definition) is 2. The number of nitrogen functional groups attached to an aromatic ring is 1. The highest BCUT2D eigenvalue weighted by molar-refractivity contribution is 6.05. The SMILES string of the molecule is Cc1ccc(NC(=O)c2cc(N)ccc2C)cn1. The van der Waals surface area contributed by atoms with Crippen LogP contribution in [-0.4, -0.2) is 10.9 Å². The zero-order valence-corrected chi connectivity index (χ0v) is 10.4. The molecule has 4 heteroatoms. The van der Waals surface area contributed by atoms with E-state index in [9.17, 15) is 4.79 Å². The Bertz CT molecular complexity index is 576. The molecule has 1 heterocycles. The van der Waals surface area contributed by atoms with E-state index in [1.165, 1.54) is 0 Å². The van der Waals surface area contributed by atoms with Gasteiger partial charge in [-0.3, -0.25) is 9.78 Å². The van der Waals surface area contributed by atoms with Crippen molar-refractivity contribution in [2.24, 2.45) is 0 Å². The number of anilines is 2. The summed E-state index contributed by atoms with van der Waals surface area (Å²) in [4.78, 5) is 16.2. The molecule has 0 fully saturated rings. The Labute approximate surface area is 106 Å². The molecule has 4 nitrogen and oxygen atoms in total. The van der Waals surface area contributed by atoms with Crippen LogP contribution >= 0.6 is 0 Å². The summed E-state index contributed by atoms with van der Waals surface area (Å²) in [5.41, 5.74) is 9.32. The van der Waals surface area contributed by atoms with Gasteiger partial charge >= 0.3 is 0 Å². The number of carbonyl (C=O) groups excluding carboxylic acids is 1. The molecule has 0 radical (unpaired) electrons. The topological polar surface area (TPSA) is 68.0 Å². The predicted molar refractivity (Wildman–Crippen MR) is 72.5 cm³/mol. The van der Waals surface area contributed by atoms with E-state index in [4.69, 9.17) is 5.73 Å². The third kappa shape index (κ3) is 2.66. The largest absolute Gasteiger partial charge is 0.399 e. The lowest BCUT2D eigenvalue weighted by atomic mass is 10.1. The molecule has 2 rings (SSSR count). The Morgan fingerprint density at radius 2 is 2.00 bits per heavy atom. The first-order valence-electron chi connectivity index (χ1n) is 5.66. The molecule has 0 aliphatic carbocycles. The highest BCUT2D eigenvalue weighted by atomic mass is 16.1. The number of nitrogens with zero attached hydrogens (tertiary/aromatic N) is 1. The molecule has 0 spiro atoms. The molecule has 0 saturated carbocycles. The molecule has 0 bridgehead atoms. The molecule has 1 aromatic heterocycles. The van der Waals surface area contributed by atoms with Crippen LogP contribution in [0.5, 0.6) is 0 Å². The second-order valence-corrected chi connectivity index (χ2v) is 4.22. The molecule has 1 aromatic carbocycles. The van der Waals surface area contributed by atoms with Gasteiger partial charge in [-0.15, -0.1) is 0 Å². The van der Waals surface area contributed by atoms with Crippen molar-refractivity contribution >= 4 is 17.3 Å². The quantitative estimate of drug-likeness (QED) is 0.794. The fourth-order valence-electron chi connectivity index (χ4n) is 1.62. The maximum Gasteiger partial charge on any atom is 0.256 e. The lowest BCUT2D eigenvalue weighted by Crippen LogP contribution is -2.14. The minimum Gasteiger partial charge on any atom is -0.399 e. The summed E-state index contributed by atoms with van der Waals surface area (Å²) < 4.78 is 0. The van der Waals surface area contributed by atoms with E-state index in [1.807, 2.05) is 32.0 Å². The molecular formula is C14H15N3O. The summed E-state index contributed by atoms with van der Waals surface area (Å²) in [5, 5.41) is 2.80. The van der Waals surface area contributed by atoms with E-state index in [1.54, 1.807) is 18.3 Å². The average molecular weight is 241 g/mol. The summed E-state index contributed by atoms with van der Waals surface area (Å²) in [5.74, 6) is -0.176. The molecule has 18 heavy (non-hydrogen) atoms. The van der Waals surface area contributed by atoms with E-state index < -0.39 is 0 Å². The van der Waals surface area contributed by atoms with Crippen LogP contribution in [0.1, 0.15) is 21.6 Å².